The van der Waals surface area contributed by atoms with Crippen LogP contribution >= 0.6 is 27.3 Å². The first-order valence-corrected chi connectivity index (χ1v) is 8.50. The number of carbonyl (C=O) groups excluding carboxylic acids is 1. The molecule has 1 aliphatic heterocycles. The molecule has 21 heavy (non-hydrogen) atoms. The van der Waals surface area contributed by atoms with E-state index in [1.54, 1.807) is 11.3 Å². The Kier molecular flexibility index (Phi) is 3.90. The minimum Gasteiger partial charge on any atom is -0.324 e. The van der Waals surface area contributed by atoms with Gasteiger partial charge >= 0.3 is 0 Å². The van der Waals surface area contributed by atoms with Crippen LogP contribution in [0.3, 0.4) is 0 Å². The van der Waals surface area contributed by atoms with Crippen LogP contribution < -0.4 is 10.6 Å². The van der Waals surface area contributed by atoms with Gasteiger partial charge in [0, 0.05) is 31.5 Å². The largest absolute Gasteiger partial charge is 0.324 e. The minimum absolute atomic E-state index is 0.00774. The van der Waals surface area contributed by atoms with Crippen LogP contribution in [0.4, 0.5) is 5.69 Å². The van der Waals surface area contributed by atoms with Crippen molar-refractivity contribution in [1.82, 2.24) is 5.32 Å². The van der Waals surface area contributed by atoms with Gasteiger partial charge in [-0.3, -0.25) is 10.1 Å². The molecule has 0 fully saturated rings. The number of hydrogen-bond donors (Lipinski definition) is 2. The van der Waals surface area contributed by atoms with Crippen LogP contribution in [-0.4, -0.2) is 5.91 Å². The predicted molar refractivity (Wildman–Crippen MR) is 90.9 cm³/mol. The lowest BCUT2D eigenvalue weighted by Crippen LogP contribution is -2.30. The van der Waals surface area contributed by atoms with Crippen molar-refractivity contribution in [2.75, 3.05) is 5.32 Å². The molecule has 0 saturated carbocycles. The average molecular weight is 365 g/mol. The third kappa shape index (κ3) is 2.65. The van der Waals surface area contributed by atoms with Gasteiger partial charge in [0.05, 0.1) is 0 Å². The molecule has 0 spiro atoms. The van der Waals surface area contributed by atoms with Gasteiger partial charge in [-0.25, -0.2) is 0 Å². The van der Waals surface area contributed by atoms with Gasteiger partial charge in [0.1, 0.15) is 6.04 Å². The first-order valence-electron chi connectivity index (χ1n) is 6.89. The summed E-state index contributed by atoms with van der Waals surface area (Å²) >= 11 is 5.35. The number of hydrogen-bond acceptors (Lipinski definition) is 3. The molecule has 0 radical (unpaired) electrons. The summed E-state index contributed by atoms with van der Waals surface area (Å²) in [4.78, 5) is 14.9. The monoisotopic (exact) mass is 364 g/mol. The van der Waals surface area contributed by atoms with Crippen molar-refractivity contribution in [2.45, 2.75) is 32.9 Å². The standard InChI is InChI=1S/C16H17BrN2OS/c1-8-7-11(10(3)21-8)9(2)18-15-14-12(17)5-4-6-13(14)19-16(15)20/h4-7,9,15,18H,1-3H3,(H,19,20). The second-order valence-electron chi connectivity index (χ2n) is 5.38. The van der Waals surface area contributed by atoms with E-state index in [0.717, 1.165) is 15.7 Å². The second kappa shape index (κ2) is 5.55. The van der Waals surface area contributed by atoms with Crippen LogP contribution in [-0.2, 0) is 4.79 Å². The van der Waals surface area contributed by atoms with Crippen molar-refractivity contribution in [2.24, 2.45) is 0 Å². The third-order valence-electron chi connectivity index (χ3n) is 3.82. The van der Waals surface area contributed by atoms with Gasteiger partial charge in [-0.2, -0.15) is 0 Å². The molecule has 2 atom stereocenters. The number of benzene rings is 1. The molecular formula is C16H17BrN2OS. The highest BCUT2D eigenvalue weighted by Crippen LogP contribution is 2.38. The first kappa shape index (κ1) is 14.8. The van der Waals surface area contributed by atoms with Crippen LogP contribution in [0.2, 0.25) is 0 Å². The van der Waals surface area contributed by atoms with Gasteiger partial charge in [0.15, 0.2) is 0 Å². The van der Waals surface area contributed by atoms with Crippen molar-refractivity contribution in [3.63, 3.8) is 0 Å². The highest BCUT2D eigenvalue weighted by atomic mass is 79.9. The summed E-state index contributed by atoms with van der Waals surface area (Å²) in [7, 11) is 0. The molecule has 110 valence electrons. The molecular weight excluding hydrogens is 348 g/mol. The van der Waals surface area contributed by atoms with Gasteiger partial charge in [0.2, 0.25) is 5.91 Å². The maximum Gasteiger partial charge on any atom is 0.246 e. The molecule has 5 heteroatoms. The van der Waals surface area contributed by atoms with E-state index in [1.165, 1.54) is 15.3 Å². The molecule has 1 amide bonds. The van der Waals surface area contributed by atoms with E-state index in [2.05, 4.69) is 53.4 Å². The zero-order valence-electron chi connectivity index (χ0n) is 12.2. The Labute approximate surface area is 136 Å². The summed E-state index contributed by atoms with van der Waals surface area (Å²) < 4.78 is 0.960. The topological polar surface area (TPSA) is 41.1 Å². The van der Waals surface area contributed by atoms with E-state index >= 15 is 0 Å². The van der Waals surface area contributed by atoms with E-state index in [4.69, 9.17) is 0 Å². The molecule has 2 heterocycles. The molecule has 3 nitrogen and oxygen atoms in total. The van der Waals surface area contributed by atoms with Gasteiger partial charge in [-0.05, 0) is 44.5 Å². The highest BCUT2D eigenvalue weighted by molar-refractivity contribution is 9.10. The predicted octanol–water partition coefficient (Wildman–Crippen LogP) is 4.47. The molecule has 3 rings (SSSR count). The van der Waals surface area contributed by atoms with Crippen molar-refractivity contribution < 1.29 is 4.79 Å². The number of carbonyl (C=O) groups is 1. The molecule has 2 unspecified atom stereocenters. The van der Waals surface area contributed by atoms with Gasteiger partial charge in [0.25, 0.3) is 0 Å². The molecule has 1 aromatic heterocycles. The van der Waals surface area contributed by atoms with E-state index in [1.807, 2.05) is 18.2 Å². The zero-order valence-corrected chi connectivity index (χ0v) is 14.6. The molecule has 0 aliphatic carbocycles. The van der Waals surface area contributed by atoms with Crippen LogP contribution in [0.25, 0.3) is 0 Å². The van der Waals surface area contributed by atoms with Gasteiger partial charge < -0.3 is 5.32 Å². The Morgan fingerprint density at radius 2 is 2.14 bits per heavy atom. The van der Waals surface area contributed by atoms with Crippen molar-refractivity contribution >= 4 is 38.9 Å². The fraction of sp³-hybridized carbons (Fsp3) is 0.312. The van der Waals surface area contributed by atoms with E-state index < -0.39 is 0 Å². The molecule has 2 aromatic rings. The summed E-state index contributed by atoms with van der Waals surface area (Å²) in [5.41, 5.74) is 3.15. The Morgan fingerprint density at radius 3 is 2.81 bits per heavy atom. The SMILES string of the molecule is Cc1cc(C(C)NC2C(=O)Nc3cccc(Br)c32)c(C)s1. The van der Waals surface area contributed by atoms with E-state index in [0.29, 0.717) is 0 Å². The minimum atomic E-state index is -0.315. The summed E-state index contributed by atoms with van der Waals surface area (Å²) in [6.45, 7) is 6.35. The number of aryl methyl sites for hydroxylation is 2. The van der Waals surface area contributed by atoms with Crippen LogP contribution in [0.1, 0.15) is 39.9 Å². The number of anilines is 1. The fourth-order valence-corrected chi connectivity index (χ4v) is 4.47. The molecule has 1 aromatic carbocycles. The van der Waals surface area contributed by atoms with Gasteiger partial charge in [-0.1, -0.05) is 22.0 Å². The van der Waals surface area contributed by atoms with Gasteiger partial charge in [-0.15, -0.1) is 11.3 Å². The quantitative estimate of drug-likeness (QED) is 0.843. The average Bonchev–Trinajstić information content (AvgIpc) is 2.91. The second-order valence-corrected chi connectivity index (χ2v) is 7.70. The summed E-state index contributed by atoms with van der Waals surface area (Å²) in [6.07, 6.45) is 0. The molecule has 0 saturated heterocycles. The normalized spacial score (nSPS) is 18.5. The lowest BCUT2D eigenvalue weighted by molar-refractivity contribution is -0.117. The van der Waals surface area contributed by atoms with Crippen LogP contribution in [0.15, 0.2) is 28.7 Å². The van der Waals surface area contributed by atoms with E-state index in [-0.39, 0.29) is 18.0 Å². The third-order valence-corrected chi connectivity index (χ3v) is 5.50. The van der Waals surface area contributed by atoms with E-state index in [9.17, 15) is 4.79 Å². The lowest BCUT2D eigenvalue weighted by atomic mass is 10.0. The summed E-state index contributed by atoms with van der Waals surface area (Å²) in [5.74, 6) is 0.00774. The lowest BCUT2D eigenvalue weighted by Gasteiger charge is -2.19. The Hall–Kier alpha value is -1.17. The van der Waals surface area contributed by atoms with Crippen LogP contribution in [0.5, 0.6) is 0 Å². The number of amides is 1. The smallest absolute Gasteiger partial charge is 0.246 e. The number of halogens is 1. The van der Waals surface area contributed by atoms with Crippen LogP contribution in [0, 0.1) is 13.8 Å². The molecule has 1 aliphatic rings. The fourth-order valence-electron chi connectivity index (χ4n) is 2.85. The molecule has 2 N–H and O–H groups in total. The number of nitrogens with one attached hydrogen (secondary N) is 2. The number of thiophene rings is 1. The van der Waals surface area contributed by atoms with Crippen molar-refractivity contribution in [3.05, 3.63) is 49.6 Å². The molecule has 0 bridgehead atoms. The summed E-state index contributed by atoms with van der Waals surface area (Å²) in [5, 5.41) is 6.40. The maximum atomic E-state index is 12.2. The number of rotatable bonds is 3. The maximum absolute atomic E-state index is 12.2. The zero-order chi connectivity index (χ0) is 15.1. The Morgan fingerprint density at radius 1 is 1.38 bits per heavy atom. The number of fused-ring (bicyclic) bond motifs is 1. The highest BCUT2D eigenvalue weighted by Gasteiger charge is 2.33. The Balaban J connectivity index is 1.89. The van der Waals surface area contributed by atoms with Crippen molar-refractivity contribution in [3.8, 4) is 0 Å². The first-order chi connectivity index (χ1) is 9.97. The Bertz CT molecular complexity index is 710. The van der Waals surface area contributed by atoms with Crippen molar-refractivity contribution in [1.29, 1.82) is 0 Å². The summed E-state index contributed by atoms with van der Waals surface area (Å²) in [6, 6.07) is 7.85.